The summed E-state index contributed by atoms with van der Waals surface area (Å²) in [6.07, 6.45) is 0. The molecule has 0 fully saturated rings. The molecule has 9 aromatic carbocycles. The minimum Gasteiger partial charge on any atom is -0.455 e. The van der Waals surface area contributed by atoms with Gasteiger partial charge >= 0.3 is 0 Å². The van der Waals surface area contributed by atoms with Gasteiger partial charge in [-0.2, -0.15) is 0 Å². The quantitative estimate of drug-likeness (QED) is 0.168. The van der Waals surface area contributed by atoms with Gasteiger partial charge in [-0.25, -0.2) is 0 Å². The second kappa shape index (κ2) is 14.0. The molecule has 302 valence electrons. The van der Waals surface area contributed by atoms with Gasteiger partial charge in [-0.3, -0.25) is 0 Å². The lowest BCUT2D eigenvalue weighted by Gasteiger charge is -2.21. The summed E-state index contributed by atoms with van der Waals surface area (Å²) in [6, 6.07) is 70.2. The van der Waals surface area contributed by atoms with E-state index in [1.54, 1.807) is 0 Å². The van der Waals surface area contributed by atoms with E-state index in [9.17, 15) is 0 Å². The second-order valence-corrected chi connectivity index (χ2v) is 18.2. The van der Waals surface area contributed by atoms with Crippen molar-refractivity contribution in [2.45, 2.75) is 38.5 Å². The fraction of sp³-hybridized carbons (Fsp3) is 0.100. The van der Waals surface area contributed by atoms with Crippen molar-refractivity contribution in [2.75, 3.05) is 10.6 Å². The highest BCUT2D eigenvalue weighted by atomic mass is 16.3. The Labute approximate surface area is 368 Å². The molecule has 0 saturated heterocycles. The second-order valence-electron chi connectivity index (χ2n) is 18.2. The molecule has 10 aromatic rings. The van der Waals surface area contributed by atoms with Crippen molar-refractivity contribution in [1.82, 2.24) is 0 Å². The lowest BCUT2D eigenvalue weighted by Crippen LogP contribution is -2.14. The number of nitrogens with one attached hydrogen (secondary N) is 2. The maximum atomic E-state index is 6.71. The van der Waals surface area contributed by atoms with Gasteiger partial charge in [0.2, 0.25) is 0 Å². The van der Waals surface area contributed by atoms with Gasteiger partial charge in [-0.05, 0) is 104 Å². The van der Waals surface area contributed by atoms with Crippen LogP contribution in [0.4, 0.5) is 22.7 Å². The van der Waals surface area contributed by atoms with Crippen LogP contribution in [0.5, 0.6) is 0 Å². The zero-order chi connectivity index (χ0) is 42.5. The van der Waals surface area contributed by atoms with Gasteiger partial charge in [-0.15, -0.1) is 0 Å². The monoisotopic (exact) mass is 810 g/mol. The summed E-state index contributed by atoms with van der Waals surface area (Å²) in [5, 5.41) is 9.75. The van der Waals surface area contributed by atoms with E-state index in [2.05, 4.69) is 232 Å². The van der Waals surface area contributed by atoms with Gasteiger partial charge in [0.05, 0.1) is 0 Å². The summed E-state index contributed by atoms with van der Waals surface area (Å²) < 4.78 is 6.71. The Morgan fingerprint density at radius 1 is 0.349 bits per heavy atom. The SMILES string of the molecule is CC1(C)c2ccccc2-c2c(Nc3ccc(-c4ccc(-c5cccc6oc7c(-c8ccc(Nc9cccc%10c9-c9ccccc9C%10(C)C)cc8)cccc7c56)cc4)cc3)cccc21. The zero-order valence-electron chi connectivity index (χ0n) is 35.9. The van der Waals surface area contributed by atoms with Crippen LogP contribution in [0, 0.1) is 0 Å². The summed E-state index contributed by atoms with van der Waals surface area (Å²) in [6.45, 7) is 9.29. The molecule has 0 bridgehead atoms. The number of benzene rings is 9. The lowest BCUT2D eigenvalue weighted by molar-refractivity contribution is 0.660. The van der Waals surface area contributed by atoms with Crippen LogP contribution in [0.3, 0.4) is 0 Å². The number of hydrogen-bond acceptors (Lipinski definition) is 3. The summed E-state index contributed by atoms with van der Waals surface area (Å²) in [4.78, 5) is 0. The van der Waals surface area contributed by atoms with Gasteiger partial charge < -0.3 is 15.1 Å². The van der Waals surface area contributed by atoms with Crippen molar-refractivity contribution >= 4 is 44.7 Å². The molecule has 0 spiro atoms. The minimum absolute atomic E-state index is 0.0269. The molecule has 0 unspecified atom stereocenters. The Bertz CT molecular complexity index is 3420. The van der Waals surface area contributed by atoms with E-state index in [1.807, 2.05) is 0 Å². The van der Waals surface area contributed by atoms with Crippen LogP contribution < -0.4 is 10.6 Å². The Morgan fingerprint density at radius 3 is 1.33 bits per heavy atom. The lowest BCUT2D eigenvalue weighted by atomic mass is 9.82. The maximum Gasteiger partial charge on any atom is 0.143 e. The molecule has 12 rings (SSSR count). The molecule has 2 N–H and O–H groups in total. The van der Waals surface area contributed by atoms with Crippen LogP contribution in [-0.2, 0) is 10.8 Å². The van der Waals surface area contributed by atoms with Crippen LogP contribution in [0.1, 0.15) is 49.9 Å². The van der Waals surface area contributed by atoms with E-state index in [1.165, 1.54) is 55.6 Å². The van der Waals surface area contributed by atoms with Crippen molar-refractivity contribution in [3.63, 3.8) is 0 Å². The normalized spacial score (nSPS) is 14.0. The molecular weight excluding hydrogens is 765 g/mol. The predicted molar refractivity (Wildman–Crippen MR) is 265 cm³/mol. The molecule has 2 aliphatic carbocycles. The topological polar surface area (TPSA) is 37.2 Å². The van der Waals surface area contributed by atoms with E-state index in [4.69, 9.17) is 4.42 Å². The predicted octanol–water partition coefficient (Wildman–Crippen LogP) is 16.7. The van der Waals surface area contributed by atoms with Gasteiger partial charge in [0, 0.05) is 61.0 Å². The molecule has 0 amide bonds. The average molecular weight is 811 g/mol. The van der Waals surface area contributed by atoms with Gasteiger partial charge in [0.15, 0.2) is 0 Å². The van der Waals surface area contributed by atoms with Crippen LogP contribution in [-0.4, -0.2) is 0 Å². The molecule has 0 radical (unpaired) electrons. The molecular formula is C60H46N2O. The van der Waals surface area contributed by atoms with Crippen molar-refractivity contribution in [2.24, 2.45) is 0 Å². The molecule has 1 aromatic heterocycles. The molecule has 63 heavy (non-hydrogen) atoms. The van der Waals surface area contributed by atoms with Crippen molar-refractivity contribution < 1.29 is 4.42 Å². The third-order valence-electron chi connectivity index (χ3n) is 13.9. The standard InChI is InChI=1S/C60H46N2O/c1-59(2)48-18-7-5-13-45(48)56-50(59)20-11-22-52(56)61-41-33-29-38(30-34-41)37-25-27-39(28-26-37)43-15-10-24-54-55(43)47-17-9-16-44(58(47)63-54)40-31-35-42(36-32-40)62-53-23-12-21-51-57(53)46-14-6-8-19-49(46)60(51,3)4/h5-36,61-62H,1-4H3. The third kappa shape index (κ3) is 5.80. The number of para-hydroxylation sites is 1. The highest BCUT2D eigenvalue weighted by Crippen LogP contribution is 2.53. The average Bonchev–Trinajstić information content (AvgIpc) is 3.90. The van der Waals surface area contributed by atoms with Crippen LogP contribution in [0.2, 0.25) is 0 Å². The van der Waals surface area contributed by atoms with Gasteiger partial charge in [0.1, 0.15) is 11.2 Å². The molecule has 3 nitrogen and oxygen atoms in total. The Kier molecular flexibility index (Phi) is 8.23. The minimum atomic E-state index is -0.0375. The number of hydrogen-bond donors (Lipinski definition) is 2. The van der Waals surface area contributed by atoms with Crippen molar-refractivity contribution in [3.8, 4) is 55.6 Å². The molecule has 3 heteroatoms. The Balaban J connectivity index is 0.806. The van der Waals surface area contributed by atoms with E-state index in [0.29, 0.717) is 0 Å². The first kappa shape index (κ1) is 37.2. The van der Waals surface area contributed by atoms with Crippen LogP contribution >= 0.6 is 0 Å². The van der Waals surface area contributed by atoms with Crippen LogP contribution in [0.15, 0.2) is 199 Å². The first-order chi connectivity index (χ1) is 30.7. The summed E-state index contributed by atoms with van der Waals surface area (Å²) in [7, 11) is 0. The molecule has 0 saturated carbocycles. The first-order valence-electron chi connectivity index (χ1n) is 22.0. The molecule has 2 aliphatic rings. The molecule has 1 heterocycles. The fourth-order valence-corrected chi connectivity index (χ4v) is 10.7. The zero-order valence-corrected chi connectivity index (χ0v) is 35.9. The molecule has 0 atom stereocenters. The van der Waals surface area contributed by atoms with E-state index < -0.39 is 0 Å². The summed E-state index contributed by atoms with van der Waals surface area (Å²) >= 11 is 0. The number of furan rings is 1. The highest BCUT2D eigenvalue weighted by molar-refractivity contribution is 6.15. The smallest absolute Gasteiger partial charge is 0.143 e. The van der Waals surface area contributed by atoms with Crippen molar-refractivity contribution in [3.05, 3.63) is 216 Å². The fourth-order valence-electron chi connectivity index (χ4n) is 10.7. The number of anilines is 4. The van der Waals surface area contributed by atoms with Crippen LogP contribution in [0.25, 0.3) is 77.6 Å². The van der Waals surface area contributed by atoms with Gasteiger partial charge in [-0.1, -0.05) is 179 Å². The summed E-state index contributed by atoms with van der Waals surface area (Å²) in [5.74, 6) is 0. The third-order valence-corrected chi connectivity index (χ3v) is 13.9. The Morgan fingerprint density at radius 2 is 0.762 bits per heavy atom. The highest BCUT2D eigenvalue weighted by Gasteiger charge is 2.37. The summed E-state index contributed by atoms with van der Waals surface area (Å²) in [5.41, 5.74) is 23.7. The maximum absolute atomic E-state index is 6.71. The van der Waals surface area contributed by atoms with E-state index >= 15 is 0 Å². The molecule has 0 aliphatic heterocycles. The van der Waals surface area contributed by atoms with Gasteiger partial charge in [0.25, 0.3) is 0 Å². The van der Waals surface area contributed by atoms with E-state index in [0.717, 1.165) is 66.9 Å². The number of rotatable bonds is 7. The van der Waals surface area contributed by atoms with E-state index in [-0.39, 0.29) is 10.8 Å². The largest absolute Gasteiger partial charge is 0.455 e. The van der Waals surface area contributed by atoms with Crippen molar-refractivity contribution in [1.29, 1.82) is 0 Å². The number of fused-ring (bicyclic) bond motifs is 9. The first-order valence-corrected chi connectivity index (χ1v) is 22.0. The Hall–Kier alpha value is -7.62.